The molecule has 32 heavy (non-hydrogen) atoms. The van der Waals surface area contributed by atoms with Gasteiger partial charge in [0.15, 0.2) is 0 Å². The molecule has 0 bridgehead atoms. The molecule has 4 rings (SSSR count). The van der Waals surface area contributed by atoms with Crippen LogP contribution in [-0.4, -0.2) is 54.9 Å². The summed E-state index contributed by atoms with van der Waals surface area (Å²) in [5.74, 6) is 0.458. The first-order chi connectivity index (χ1) is 15.6. The van der Waals surface area contributed by atoms with Crippen LogP contribution in [0.5, 0.6) is 5.75 Å². The molecule has 2 aromatic carbocycles. The lowest BCUT2D eigenvalue weighted by molar-refractivity contribution is -0.122. The monoisotopic (exact) mass is 469 g/mol. The number of ether oxygens (including phenoxy) is 1. The van der Waals surface area contributed by atoms with Crippen LogP contribution in [0.3, 0.4) is 0 Å². The molecule has 1 aliphatic heterocycles. The number of nitrogens with zero attached hydrogens (tertiary/aromatic N) is 2. The summed E-state index contributed by atoms with van der Waals surface area (Å²) in [4.78, 5) is 30.8. The first-order valence-corrected chi connectivity index (χ1v) is 11.6. The lowest BCUT2D eigenvalue weighted by Gasteiger charge is -2.38. The first kappa shape index (κ1) is 22.3. The van der Waals surface area contributed by atoms with Crippen molar-refractivity contribution >= 4 is 40.4 Å². The Kier molecular flexibility index (Phi) is 7.09. The minimum Gasteiger partial charge on any atom is -0.495 e. The van der Waals surface area contributed by atoms with Gasteiger partial charge in [-0.05, 0) is 35.2 Å². The minimum atomic E-state index is -0.476. The number of carbonyl (C=O) groups excluding carboxylic acids is 2. The number of nitrogens with one attached hydrogen (secondary N) is 1. The summed E-state index contributed by atoms with van der Waals surface area (Å²) in [6.45, 7) is 2.35. The van der Waals surface area contributed by atoms with Gasteiger partial charge in [0.25, 0.3) is 5.91 Å². The van der Waals surface area contributed by atoms with Gasteiger partial charge in [0.2, 0.25) is 5.91 Å². The lowest BCUT2D eigenvalue weighted by atomic mass is 10.0. The van der Waals surface area contributed by atoms with E-state index in [1.807, 2.05) is 52.7 Å². The molecule has 1 atom stereocenters. The van der Waals surface area contributed by atoms with Crippen molar-refractivity contribution in [3.63, 3.8) is 0 Å². The highest BCUT2D eigenvalue weighted by atomic mass is 35.5. The maximum Gasteiger partial charge on any atom is 0.264 e. The van der Waals surface area contributed by atoms with E-state index in [2.05, 4.69) is 10.2 Å². The molecule has 1 aliphatic rings. The number of amides is 2. The zero-order valence-corrected chi connectivity index (χ0v) is 19.2. The molecule has 0 unspecified atom stereocenters. The summed E-state index contributed by atoms with van der Waals surface area (Å²) in [7, 11) is 1.55. The number of rotatable bonds is 6. The van der Waals surface area contributed by atoms with E-state index < -0.39 is 6.04 Å². The topological polar surface area (TPSA) is 61.9 Å². The van der Waals surface area contributed by atoms with Crippen LogP contribution < -0.4 is 10.1 Å². The quantitative estimate of drug-likeness (QED) is 0.575. The highest BCUT2D eigenvalue weighted by molar-refractivity contribution is 7.12. The maximum absolute atomic E-state index is 13.4. The van der Waals surface area contributed by atoms with Crippen molar-refractivity contribution in [3.8, 4) is 5.75 Å². The molecule has 2 amide bonds. The third-order valence-electron chi connectivity index (χ3n) is 5.48. The number of thiophene rings is 1. The van der Waals surface area contributed by atoms with E-state index in [1.165, 1.54) is 11.3 Å². The largest absolute Gasteiger partial charge is 0.495 e. The molecule has 0 saturated carbocycles. The number of halogens is 1. The van der Waals surface area contributed by atoms with Crippen LogP contribution in [0.25, 0.3) is 0 Å². The van der Waals surface area contributed by atoms with Crippen LogP contribution in [0.15, 0.2) is 66.0 Å². The fourth-order valence-corrected chi connectivity index (χ4v) is 4.81. The van der Waals surface area contributed by atoms with Gasteiger partial charge in [-0.15, -0.1) is 11.3 Å². The highest BCUT2D eigenvalue weighted by Gasteiger charge is 2.32. The summed E-state index contributed by atoms with van der Waals surface area (Å²) >= 11 is 7.67. The highest BCUT2D eigenvalue weighted by Crippen LogP contribution is 2.29. The average Bonchev–Trinajstić information content (AvgIpc) is 3.35. The van der Waals surface area contributed by atoms with E-state index in [9.17, 15) is 9.59 Å². The van der Waals surface area contributed by atoms with Crippen molar-refractivity contribution in [1.82, 2.24) is 9.80 Å². The molecule has 0 aliphatic carbocycles. The Morgan fingerprint density at radius 2 is 1.78 bits per heavy atom. The van der Waals surface area contributed by atoms with Crippen molar-refractivity contribution < 1.29 is 14.3 Å². The summed E-state index contributed by atoms with van der Waals surface area (Å²) in [5.41, 5.74) is 1.51. The fraction of sp³-hybridized carbons (Fsp3) is 0.250. The van der Waals surface area contributed by atoms with E-state index >= 15 is 0 Å². The predicted molar refractivity (Wildman–Crippen MR) is 128 cm³/mol. The number of piperazine rings is 1. The fourth-order valence-electron chi connectivity index (χ4n) is 3.86. The van der Waals surface area contributed by atoms with Crippen molar-refractivity contribution in [3.05, 3.63) is 81.5 Å². The van der Waals surface area contributed by atoms with Crippen LogP contribution >= 0.6 is 22.9 Å². The molecule has 1 N–H and O–H groups in total. The van der Waals surface area contributed by atoms with Crippen LogP contribution in [0.1, 0.15) is 21.3 Å². The molecular formula is C24H24ClN3O3S. The van der Waals surface area contributed by atoms with E-state index in [-0.39, 0.29) is 11.8 Å². The number of carbonyl (C=O) groups is 2. The standard InChI is InChI=1S/C24H24ClN3O3S/c1-31-20-10-9-18(16-19(20)25)26-23(29)22(17-6-3-2-4-7-17)27-11-13-28(14-12-27)24(30)21-8-5-15-32-21/h2-10,15-16,22H,11-14H2,1H3,(H,26,29)/t22-/m1/s1. The Bertz CT molecular complexity index is 1070. The van der Waals surface area contributed by atoms with Gasteiger partial charge in [0.1, 0.15) is 11.8 Å². The Balaban J connectivity index is 1.50. The van der Waals surface area contributed by atoms with E-state index in [1.54, 1.807) is 25.3 Å². The van der Waals surface area contributed by atoms with Gasteiger partial charge in [-0.1, -0.05) is 48.0 Å². The molecular weight excluding hydrogens is 446 g/mol. The Labute approximate surface area is 196 Å². The van der Waals surface area contributed by atoms with Crippen LogP contribution in [0, 0.1) is 0 Å². The minimum absolute atomic E-state index is 0.0493. The van der Waals surface area contributed by atoms with Crippen molar-refractivity contribution in [2.75, 3.05) is 38.6 Å². The van der Waals surface area contributed by atoms with Gasteiger partial charge in [-0.25, -0.2) is 0 Å². The molecule has 8 heteroatoms. The predicted octanol–water partition coefficient (Wildman–Crippen LogP) is 4.55. The summed E-state index contributed by atoms with van der Waals surface area (Å²) < 4.78 is 5.19. The van der Waals surface area contributed by atoms with Crippen molar-refractivity contribution in [2.24, 2.45) is 0 Å². The van der Waals surface area contributed by atoms with Crippen molar-refractivity contribution in [2.45, 2.75) is 6.04 Å². The second-order valence-corrected chi connectivity index (χ2v) is 8.81. The third-order valence-corrected chi connectivity index (χ3v) is 6.63. The second-order valence-electron chi connectivity index (χ2n) is 7.46. The molecule has 0 spiro atoms. The maximum atomic E-state index is 13.4. The molecule has 0 radical (unpaired) electrons. The molecule has 2 heterocycles. The number of hydrogen-bond acceptors (Lipinski definition) is 5. The molecule has 166 valence electrons. The first-order valence-electron chi connectivity index (χ1n) is 10.3. The van der Waals surface area contributed by atoms with Gasteiger partial charge in [-0.2, -0.15) is 0 Å². The zero-order chi connectivity index (χ0) is 22.5. The van der Waals surface area contributed by atoms with E-state index in [0.717, 1.165) is 10.4 Å². The summed E-state index contributed by atoms with van der Waals surface area (Å²) in [6, 6.07) is 18.1. The Morgan fingerprint density at radius 3 is 2.41 bits per heavy atom. The molecule has 3 aromatic rings. The third kappa shape index (κ3) is 4.96. The second kappa shape index (κ2) is 10.2. The number of anilines is 1. The van der Waals surface area contributed by atoms with Crippen LogP contribution in [0.2, 0.25) is 5.02 Å². The number of methoxy groups -OCH3 is 1. The SMILES string of the molecule is COc1ccc(NC(=O)[C@@H](c2ccccc2)N2CCN(C(=O)c3cccs3)CC2)cc1Cl. The number of benzene rings is 2. The summed E-state index contributed by atoms with van der Waals surface area (Å²) in [6.07, 6.45) is 0. The van der Waals surface area contributed by atoms with E-state index in [4.69, 9.17) is 16.3 Å². The van der Waals surface area contributed by atoms with Crippen molar-refractivity contribution in [1.29, 1.82) is 0 Å². The molecule has 1 fully saturated rings. The van der Waals surface area contributed by atoms with Crippen LogP contribution in [-0.2, 0) is 4.79 Å². The Hall–Kier alpha value is -2.87. The van der Waals surface area contributed by atoms with Gasteiger partial charge < -0.3 is 15.0 Å². The van der Waals surface area contributed by atoms with Gasteiger partial charge in [0.05, 0.1) is 17.0 Å². The van der Waals surface area contributed by atoms with Gasteiger partial charge >= 0.3 is 0 Å². The normalized spacial score (nSPS) is 15.2. The Morgan fingerprint density at radius 1 is 1.03 bits per heavy atom. The molecule has 1 saturated heterocycles. The zero-order valence-electron chi connectivity index (χ0n) is 17.7. The lowest BCUT2D eigenvalue weighted by Crippen LogP contribution is -2.51. The molecule has 1 aromatic heterocycles. The van der Waals surface area contributed by atoms with Crippen LogP contribution in [0.4, 0.5) is 5.69 Å². The smallest absolute Gasteiger partial charge is 0.264 e. The number of hydrogen-bond donors (Lipinski definition) is 1. The molecule has 6 nitrogen and oxygen atoms in total. The van der Waals surface area contributed by atoms with Gasteiger partial charge in [-0.3, -0.25) is 14.5 Å². The average molecular weight is 470 g/mol. The van der Waals surface area contributed by atoms with E-state index in [0.29, 0.717) is 42.6 Å². The van der Waals surface area contributed by atoms with Gasteiger partial charge in [0, 0.05) is 31.9 Å². The summed E-state index contributed by atoms with van der Waals surface area (Å²) in [5, 5.41) is 5.33.